The van der Waals surface area contributed by atoms with Crippen LogP contribution >= 0.6 is 0 Å². The molecule has 0 aromatic heterocycles. The Kier molecular flexibility index (Phi) is 3.97. The van der Waals surface area contributed by atoms with E-state index in [1.165, 1.54) is 38.5 Å². The van der Waals surface area contributed by atoms with Crippen LogP contribution in [0.5, 0.6) is 0 Å². The average molecular weight is 235 g/mol. The van der Waals surface area contributed by atoms with Crippen molar-refractivity contribution >= 4 is 0 Å². The molecule has 0 bridgehead atoms. The van der Waals surface area contributed by atoms with Crippen LogP contribution in [0.25, 0.3) is 0 Å². The maximum absolute atomic E-state index is 6.11. The molecule has 0 aromatic rings. The largest absolute Gasteiger partial charge is 0.328 e. The maximum atomic E-state index is 6.11. The highest BCUT2D eigenvalue weighted by Gasteiger charge is 2.47. The van der Waals surface area contributed by atoms with E-state index in [-0.39, 0.29) is 0 Å². The first-order chi connectivity index (χ1) is 8.14. The van der Waals surface area contributed by atoms with Crippen molar-refractivity contribution in [1.29, 1.82) is 0 Å². The van der Waals surface area contributed by atoms with Crippen molar-refractivity contribution in [3.8, 4) is 0 Å². The fourth-order valence-corrected chi connectivity index (χ4v) is 4.56. The highest BCUT2D eigenvalue weighted by Crippen LogP contribution is 2.55. The zero-order valence-electron chi connectivity index (χ0n) is 11.8. The summed E-state index contributed by atoms with van der Waals surface area (Å²) in [6, 6.07) is 0.462. The summed E-state index contributed by atoms with van der Waals surface area (Å²) in [7, 11) is 0. The Morgan fingerprint density at radius 2 is 1.94 bits per heavy atom. The van der Waals surface area contributed by atoms with Crippen molar-refractivity contribution in [2.24, 2.45) is 28.9 Å². The van der Waals surface area contributed by atoms with Crippen molar-refractivity contribution < 1.29 is 0 Å². The Morgan fingerprint density at radius 1 is 1.29 bits per heavy atom. The van der Waals surface area contributed by atoms with Crippen LogP contribution in [-0.4, -0.2) is 6.04 Å². The molecule has 1 saturated carbocycles. The average Bonchev–Trinajstić information content (AvgIpc) is 2.24. The predicted molar refractivity (Wildman–Crippen MR) is 74.7 cm³/mol. The normalized spacial score (nSPS) is 41.6. The van der Waals surface area contributed by atoms with Crippen molar-refractivity contribution in [2.45, 2.75) is 65.3 Å². The molecular weight excluding hydrogens is 206 g/mol. The molecular formula is C16H29N. The van der Waals surface area contributed by atoms with E-state index in [1.54, 1.807) is 0 Å². The van der Waals surface area contributed by atoms with Gasteiger partial charge in [-0.25, -0.2) is 0 Å². The summed E-state index contributed by atoms with van der Waals surface area (Å²) in [6.07, 6.45) is 12.7. The molecule has 0 aromatic carbocycles. The minimum atomic E-state index is 0.462. The molecule has 4 unspecified atom stereocenters. The van der Waals surface area contributed by atoms with Crippen LogP contribution in [0.1, 0.15) is 59.3 Å². The molecule has 98 valence electrons. The molecule has 0 radical (unpaired) electrons. The van der Waals surface area contributed by atoms with E-state index in [1.807, 2.05) is 0 Å². The topological polar surface area (TPSA) is 26.0 Å². The summed E-state index contributed by atoms with van der Waals surface area (Å²) >= 11 is 0. The highest BCUT2D eigenvalue weighted by atomic mass is 14.7. The minimum absolute atomic E-state index is 0.462. The molecule has 1 fully saturated rings. The Labute approximate surface area is 107 Å². The zero-order valence-corrected chi connectivity index (χ0v) is 11.8. The van der Waals surface area contributed by atoms with Crippen molar-refractivity contribution in [2.75, 3.05) is 0 Å². The van der Waals surface area contributed by atoms with Crippen LogP contribution in [0.2, 0.25) is 0 Å². The summed E-state index contributed by atoms with van der Waals surface area (Å²) in [6.45, 7) is 7.16. The first kappa shape index (κ1) is 13.1. The molecule has 2 rings (SSSR count). The number of hydrogen-bond donors (Lipinski definition) is 1. The third-order valence-electron chi connectivity index (χ3n) is 5.55. The fourth-order valence-electron chi connectivity index (χ4n) is 4.56. The van der Waals surface area contributed by atoms with E-state index in [9.17, 15) is 0 Å². The summed E-state index contributed by atoms with van der Waals surface area (Å²) in [5, 5.41) is 0. The van der Waals surface area contributed by atoms with E-state index in [0.29, 0.717) is 11.5 Å². The lowest BCUT2D eigenvalue weighted by molar-refractivity contribution is 0.0332. The Hall–Kier alpha value is -0.300. The van der Waals surface area contributed by atoms with Crippen LogP contribution in [0, 0.1) is 23.2 Å². The fraction of sp³-hybridized carbons (Fsp3) is 0.875. The number of rotatable bonds is 4. The Morgan fingerprint density at radius 3 is 2.35 bits per heavy atom. The van der Waals surface area contributed by atoms with Gasteiger partial charge in [0, 0.05) is 6.04 Å². The van der Waals surface area contributed by atoms with E-state index < -0.39 is 0 Å². The SMILES string of the molecule is CCC(CC)C1(C2CCC(N)CC2C)C=CC1. The molecule has 2 aliphatic rings. The minimum Gasteiger partial charge on any atom is -0.328 e. The molecule has 0 aliphatic heterocycles. The van der Waals surface area contributed by atoms with Gasteiger partial charge in [0.05, 0.1) is 0 Å². The van der Waals surface area contributed by atoms with E-state index in [0.717, 1.165) is 17.8 Å². The van der Waals surface area contributed by atoms with Crippen LogP contribution in [0.15, 0.2) is 12.2 Å². The first-order valence-electron chi connectivity index (χ1n) is 7.57. The molecule has 0 heterocycles. The molecule has 0 saturated heterocycles. The second-order valence-electron chi connectivity index (χ2n) is 6.39. The predicted octanol–water partition coefficient (Wildman–Crippen LogP) is 4.13. The zero-order chi connectivity index (χ0) is 12.5. The van der Waals surface area contributed by atoms with Gasteiger partial charge in [-0.05, 0) is 48.9 Å². The van der Waals surface area contributed by atoms with Gasteiger partial charge >= 0.3 is 0 Å². The third-order valence-corrected chi connectivity index (χ3v) is 5.55. The maximum Gasteiger partial charge on any atom is 0.00415 e. The molecule has 2 aliphatic carbocycles. The number of nitrogens with two attached hydrogens (primary N) is 1. The molecule has 4 atom stereocenters. The lowest BCUT2D eigenvalue weighted by Gasteiger charge is -2.52. The van der Waals surface area contributed by atoms with Gasteiger partial charge in [-0.3, -0.25) is 0 Å². The van der Waals surface area contributed by atoms with Gasteiger partial charge in [-0.15, -0.1) is 0 Å². The van der Waals surface area contributed by atoms with Crippen LogP contribution in [-0.2, 0) is 0 Å². The van der Waals surface area contributed by atoms with Crippen LogP contribution < -0.4 is 5.73 Å². The van der Waals surface area contributed by atoms with Crippen molar-refractivity contribution in [3.63, 3.8) is 0 Å². The number of hydrogen-bond acceptors (Lipinski definition) is 1. The second kappa shape index (κ2) is 5.14. The lowest BCUT2D eigenvalue weighted by Crippen LogP contribution is -2.46. The summed E-state index contributed by atoms with van der Waals surface area (Å²) < 4.78 is 0. The monoisotopic (exact) mass is 235 g/mol. The summed E-state index contributed by atoms with van der Waals surface area (Å²) in [5.41, 5.74) is 6.64. The third kappa shape index (κ3) is 2.19. The quantitative estimate of drug-likeness (QED) is 0.728. The second-order valence-corrected chi connectivity index (χ2v) is 6.39. The van der Waals surface area contributed by atoms with Crippen molar-refractivity contribution in [3.05, 3.63) is 12.2 Å². The Bertz CT molecular complexity index is 279. The summed E-state index contributed by atoms with van der Waals surface area (Å²) in [5.74, 6) is 2.58. The van der Waals surface area contributed by atoms with E-state index in [4.69, 9.17) is 5.73 Å². The van der Waals surface area contributed by atoms with E-state index >= 15 is 0 Å². The van der Waals surface area contributed by atoms with Gasteiger partial charge in [0.1, 0.15) is 0 Å². The van der Waals surface area contributed by atoms with Gasteiger partial charge in [-0.2, -0.15) is 0 Å². The number of allylic oxidation sites excluding steroid dienone is 2. The molecule has 1 nitrogen and oxygen atoms in total. The van der Waals surface area contributed by atoms with Gasteiger partial charge in [0.15, 0.2) is 0 Å². The van der Waals surface area contributed by atoms with Gasteiger partial charge < -0.3 is 5.73 Å². The van der Waals surface area contributed by atoms with Crippen LogP contribution in [0.4, 0.5) is 0 Å². The lowest BCUT2D eigenvalue weighted by atomic mass is 9.52. The van der Waals surface area contributed by atoms with Gasteiger partial charge in [-0.1, -0.05) is 45.8 Å². The molecule has 1 heteroatoms. The van der Waals surface area contributed by atoms with Gasteiger partial charge in [0.2, 0.25) is 0 Å². The molecule has 2 N–H and O–H groups in total. The van der Waals surface area contributed by atoms with Crippen LogP contribution in [0.3, 0.4) is 0 Å². The molecule has 0 amide bonds. The van der Waals surface area contributed by atoms with Gasteiger partial charge in [0.25, 0.3) is 0 Å². The summed E-state index contributed by atoms with van der Waals surface area (Å²) in [4.78, 5) is 0. The first-order valence-corrected chi connectivity index (χ1v) is 7.57. The van der Waals surface area contributed by atoms with E-state index in [2.05, 4.69) is 32.9 Å². The Balaban J connectivity index is 2.15. The molecule has 0 spiro atoms. The standard InChI is InChI=1S/C16H29N/c1-4-13(5-2)16(9-6-10-16)15-8-7-14(17)11-12(15)3/h6,9,12-15H,4-5,7-8,10-11,17H2,1-3H3. The smallest absolute Gasteiger partial charge is 0.00415 e. The van der Waals surface area contributed by atoms with Crippen molar-refractivity contribution in [1.82, 2.24) is 0 Å². The highest BCUT2D eigenvalue weighted by molar-refractivity contribution is 5.18. The molecule has 17 heavy (non-hydrogen) atoms.